The van der Waals surface area contributed by atoms with Gasteiger partial charge in [-0.05, 0) is 148 Å². The van der Waals surface area contributed by atoms with E-state index in [0.717, 1.165) is 6.92 Å². The molecule has 42 heteroatoms. The second-order valence-corrected chi connectivity index (χ2v) is 31.6. The van der Waals surface area contributed by atoms with E-state index in [1.165, 1.54) is 80.3 Å². The fourth-order valence-corrected chi connectivity index (χ4v) is 13.8. The van der Waals surface area contributed by atoms with Gasteiger partial charge in [-0.25, -0.2) is 0 Å². The van der Waals surface area contributed by atoms with Crippen LogP contribution < -0.4 is 97.4 Å². The number of amides is 15. The average Bonchev–Trinajstić information content (AvgIpc) is 1.76. The van der Waals surface area contributed by atoms with Gasteiger partial charge in [-0.1, -0.05) is 74.5 Å². The normalized spacial score (nSPS) is 14.3. The van der Waals surface area contributed by atoms with E-state index in [1.807, 2.05) is 0 Å². The van der Waals surface area contributed by atoms with Gasteiger partial charge < -0.3 is 128 Å². The number of carboxylic acids is 1. The molecule has 4 aromatic carbocycles. The number of phenolic OH excluding ortho intramolecular Hbond substituents is 2. The van der Waals surface area contributed by atoms with Gasteiger partial charge in [0.15, 0.2) is 5.96 Å². The summed E-state index contributed by atoms with van der Waals surface area (Å²) in [5, 5.41) is 86.2. The number of carbonyl (C=O) groups excluding carboxylic acids is 15. The highest BCUT2D eigenvalue weighted by Gasteiger charge is 2.39. The van der Waals surface area contributed by atoms with E-state index in [9.17, 15) is 87.5 Å². The summed E-state index contributed by atoms with van der Waals surface area (Å²) in [6.07, 6.45) is 0.285. The van der Waals surface area contributed by atoms with Crippen LogP contribution in [0.15, 0.2) is 109 Å². The van der Waals surface area contributed by atoms with Gasteiger partial charge >= 0.3 is 5.97 Å². The van der Waals surface area contributed by atoms with Gasteiger partial charge in [-0.2, -0.15) is 11.8 Å². The molecule has 0 spiro atoms. The number of nitrogens with two attached hydrogens (primary N) is 4. The summed E-state index contributed by atoms with van der Waals surface area (Å²) in [5.74, 6) is -17.2. The van der Waals surface area contributed by atoms with Gasteiger partial charge in [0.25, 0.3) is 0 Å². The number of carboxylic acid groups (broad SMARTS) is 1. The molecule has 29 N–H and O–H groups in total. The molecular weight excluding hydrogens is 1640 g/mol. The molecule has 0 bridgehead atoms. The van der Waals surface area contributed by atoms with Gasteiger partial charge in [0, 0.05) is 79.8 Å². The van der Waals surface area contributed by atoms with E-state index in [2.05, 4.69) is 84.4 Å². The first-order valence-electron chi connectivity index (χ1n) is 40.6. The van der Waals surface area contributed by atoms with Crippen LogP contribution in [-0.4, -0.2) is 241 Å². The summed E-state index contributed by atoms with van der Waals surface area (Å²) < 4.78 is 0. The van der Waals surface area contributed by atoms with Crippen LogP contribution in [-0.2, 0) is 102 Å². The number of guanidine groups is 1. The van der Waals surface area contributed by atoms with Gasteiger partial charge in [0.1, 0.15) is 84.0 Å². The number of aromatic nitrogens is 2. The van der Waals surface area contributed by atoms with E-state index >= 15 is 9.59 Å². The van der Waals surface area contributed by atoms with Crippen molar-refractivity contribution < 1.29 is 97.1 Å². The van der Waals surface area contributed by atoms with Gasteiger partial charge in [0.2, 0.25) is 88.6 Å². The Morgan fingerprint density at radius 3 is 1.36 bits per heavy atom. The predicted octanol–water partition coefficient (Wildman–Crippen LogP) is -2.90. The zero-order chi connectivity index (χ0) is 92.1. The second-order valence-electron chi connectivity index (χ2n) is 30.6. The quantitative estimate of drug-likeness (QED) is 0.0103. The highest BCUT2D eigenvalue weighted by atomic mass is 32.2. The van der Waals surface area contributed by atoms with Crippen LogP contribution in [0.3, 0.4) is 0 Å². The minimum absolute atomic E-state index is 0.0158. The Morgan fingerprint density at radius 2 is 0.880 bits per heavy atom. The average molecular weight is 1760 g/mol. The van der Waals surface area contributed by atoms with Crippen molar-refractivity contribution in [3.05, 3.63) is 132 Å². The molecule has 0 fully saturated rings. The number of unbranched alkanes of at least 4 members (excludes halogenated alkanes) is 1. The molecule has 0 saturated heterocycles. The van der Waals surface area contributed by atoms with Crippen LogP contribution in [0, 0.1) is 11.3 Å². The van der Waals surface area contributed by atoms with Crippen molar-refractivity contribution in [3.8, 4) is 11.5 Å². The fourth-order valence-electron chi connectivity index (χ4n) is 13.4. The van der Waals surface area contributed by atoms with Crippen molar-refractivity contribution in [2.45, 2.75) is 203 Å². The Kier molecular flexibility index (Phi) is 40.4. The number of primary amides is 2. The molecule has 13 atom stereocenters. The lowest BCUT2D eigenvalue weighted by Gasteiger charge is -2.29. The Balaban J connectivity index is 1.30. The molecule has 2 aromatic heterocycles. The predicted molar refractivity (Wildman–Crippen MR) is 461 cm³/mol. The number of aliphatic hydroxyl groups is 1. The number of thioether (sulfide) groups is 1. The monoisotopic (exact) mass is 1760 g/mol. The Hall–Kier alpha value is -13.4. The molecule has 6 rings (SSSR count). The number of H-pyrrole nitrogens is 2. The number of para-hydroxylation sites is 2. The molecule has 6 aromatic rings. The minimum Gasteiger partial charge on any atom is -0.508 e. The number of hydrogen-bond acceptors (Lipinski definition) is 22. The summed E-state index contributed by atoms with van der Waals surface area (Å²) in [6, 6.07) is 5.49. The minimum atomic E-state index is -2.15. The second kappa shape index (κ2) is 50.3. The maximum Gasteiger partial charge on any atom is 0.305 e. The number of carbonyl (C=O) groups is 16. The van der Waals surface area contributed by atoms with Crippen LogP contribution in [0.2, 0.25) is 0 Å². The van der Waals surface area contributed by atoms with Gasteiger partial charge in [-0.3, -0.25) is 82.1 Å². The van der Waals surface area contributed by atoms with Crippen LogP contribution in [0.4, 0.5) is 0 Å². The van der Waals surface area contributed by atoms with E-state index in [0.29, 0.717) is 63.6 Å². The summed E-state index contributed by atoms with van der Waals surface area (Å²) >= 11 is 1.32. The molecule has 0 radical (unpaired) electrons. The SMILES string of the molecule is CSCC[C@H](NC(=O)[C@H](C)NC(C)=O)C(=O)N[C@H](C(=O)N[C@@H](Cc1c[nH]c2ccccc12)C(=O)N[C@@H](CCC(N)=O)C(=O)N[C@@H](CC(=O)O)C(=O)N[C@@H](Cc1ccc(O)cc1)C(=O)N[C@@H](Cc1c[nH]c2ccccc12)C(=O)N[C@@H](CC(C)C)C(=O)N[C@@H](Cc1ccc(O)cc1)C(=O)NCC(=O)N[C@@H](CCCNC(=N)N)C(=O)N[C@@H](CCCCN)C(N)=O)[C@@H](C)O. The molecule has 0 aliphatic carbocycles. The molecule has 125 heavy (non-hydrogen) atoms. The Bertz CT molecular complexity index is 4760. The van der Waals surface area contributed by atoms with Gasteiger partial charge in [0.05, 0.1) is 19.1 Å². The van der Waals surface area contributed by atoms with E-state index in [1.54, 1.807) is 74.8 Å². The maximum absolute atomic E-state index is 15.4. The third-order valence-corrected chi connectivity index (χ3v) is 20.6. The molecule has 678 valence electrons. The third-order valence-electron chi connectivity index (χ3n) is 19.9. The first-order chi connectivity index (χ1) is 59.3. The highest BCUT2D eigenvalue weighted by molar-refractivity contribution is 7.98. The van der Waals surface area contributed by atoms with Crippen molar-refractivity contribution in [2.24, 2.45) is 28.9 Å². The topological polar surface area (TPSA) is 682 Å². The molecule has 2 heterocycles. The molecule has 15 amide bonds. The number of rotatable bonds is 53. The first kappa shape index (κ1) is 100. The van der Waals surface area contributed by atoms with Gasteiger partial charge in [-0.15, -0.1) is 0 Å². The number of benzene rings is 4. The van der Waals surface area contributed by atoms with E-state index < -0.39 is 211 Å². The zero-order valence-electron chi connectivity index (χ0n) is 70.2. The molecule has 0 unspecified atom stereocenters. The van der Waals surface area contributed by atoms with Crippen LogP contribution in [0.25, 0.3) is 21.8 Å². The summed E-state index contributed by atoms with van der Waals surface area (Å²) in [7, 11) is 0. The van der Waals surface area contributed by atoms with Crippen molar-refractivity contribution in [3.63, 3.8) is 0 Å². The summed E-state index contributed by atoms with van der Waals surface area (Å²) in [5.41, 5.74) is 24.9. The lowest BCUT2D eigenvalue weighted by Crippen LogP contribution is -2.62. The number of aromatic hydroxyl groups is 2. The van der Waals surface area contributed by atoms with Crippen LogP contribution in [0.1, 0.15) is 121 Å². The van der Waals surface area contributed by atoms with Crippen molar-refractivity contribution in [1.82, 2.24) is 84.4 Å². The smallest absolute Gasteiger partial charge is 0.305 e. The van der Waals surface area contributed by atoms with Crippen LogP contribution >= 0.6 is 11.8 Å². The Morgan fingerprint density at radius 1 is 0.456 bits per heavy atom. The molecule has 0 aliphatic rings. The molecule has 0 aliphatic heterocycles. The van der Waals surface area contributed by atoms with Crippen LogP contribution in [0.5, 0.6) is 11.5 Å². The van der Waals surface area contributed by atoms with Crippen molar-refractivity contribution in [2.75, 3.05) is 31.6 Å². The molecule has 0 saturated carbocycles. The summed E-state index contributed by atoms with van der Waals surface area (Å²) in [4.78, 5) is 230. The first-order valence-corrected chi connectivity index (χ1v) is 42.0. The fraction of sp³-hybridized carbons (Fsp3) is 0.458. The number of nitrogens with one attached hydrogen (secondary N) is 17. The maximum atomic E-state index is 15.4. The number of aliphatic hydroxyl groups excluding tert-OH is 1. The summed E-state index contributed by atoms with van der Waals surface area (Å²) in [6.45, 7) is 6.79. The highest BCUT2D eigenvalue weighted by Crippen LogP contribution is 2.23. The Labute approximate surface area is 724 Å². The van der Waals surface area contributed by atoms with E-state index in [4.69, 9.17) is 28.3 Å². The molecule has 41 nitrogen and oxygen atoms in total. The number of aliphatic carboxylic acids is 1. The number of aromatic amines is 2. The third kappa shape index (κ3) is 33.8. The van der Waals surface area contributed by atoms with Crippen molar-refractivity contribution in [1.29, 1.82) is 5.41 Å². The number of phenols is 2. The lowest BCUT2D eigenvalue weighted by atomic mass is 9.99. The lowest BCUT2D eigenvalue weighted by molar-refractivity contribution is -0.141. The largest absolute Gasteiger partial charge is 0.508 e. The zero-order valence-corrected chi connectivity index (χ0v) is 71.1. The number of fused-ring (bicyclic) bond motifs is 2. The van der Waals surface area contributed by atoms with E-state index in [-0.39, 0.29) is 80.9 Å². The number of hydrogen-bond donors (Lipinski definition) is 25. The van der Waals surface area contributed by atoms with Crippen molar-refractivity contribution >= 4 is 134 Å². The standard InChI is InChI=1S/C83H115N21O20S/c1-43(2)34-61(77(119)99-62(35-47-20-24-51(107)25-21-47)73(115)92-42-68(110)94-58(19-13-32-89-83(87)88)74(116)95-57(71(86)113)18-11-12-31-84)98-80(122)64(37-49-40-90-55-16-9-7-14-53(49)55)101-78(120)63(36-48-22-26-52(108)27-23-48)100-81(123)66(39-69(111)112)102-75(117)59(28-29-67(85)109)97-79(121)65(38-50-41-91-56-17-10-8-15-54(50)56)103-82(124)70(45(4)105)104-76(118)60(30-33-125-6)96-72(114)44(3)93-46(5)106/h7-10,14-17,20-27,40-41,43-45,57-66,70,90-91,105,107-108H,11-13,18-19,28-39,42,84H2,1-6H3,(H2,85,109)(H2,86,113)(H,92,115)(H,93,106)(H,94,110)(H,95,116)(H,96,114)(H,97,121)(H,98,122)(H,99,119)(H,100,123)(H,101,120)(H,102,117)(H,103,124)(H,104,118)(H,111,112)(H4,87,88,89)/t44-,45+,57-,58-,59-,60-,61-,62-,63-,64-,65-,66-,70-/m0/s1. The molecular formula is C83H115N21O20S.